The van der Waals surface area contributed by atoms with Gasteiger partial charge in [-0.3, -0.25) is 0 Å². The summed E-state index contributed by atoms with van der Waals surface area (Å²) >= 11 is 0. The Morgan fingerprint density at radius 2 is 2.00 bits per heavy atom. The molecule has 80 valence electrons. The van der Waals surface area contributed by atoms with Crippen LogP contribution < -0.4 is 0 Å². The summed E-state index contributed by atoms with van der Waals surface area (Å²) in [5.41, 5.74) is 0.763. The van der Waals surface area contributed by atoms with E-state index >= 15 is 0 Å². The number of hydrogen-bond acceptors (Lipinski definition) is 0. The summed E-state index contributed by atoms with van der Waals surface area (Å²) in [5.74, 6) is 0. The van der Waals surface area contributed by atoms with E-state index in [2.05, 4.69) is 4.85 Å². The molecule has 0 fully saturated rings. The predicted octanol–water partition coefficient (Wildman–Crippen LogP) is 3.48. The van der Waals surface area contributed by atoms with E-state index in [0.29, 0.717) is 18.5 Å². The lowest BCUT2D eigenvalue weighted by molar-refractivity contribution is -0.137. The summed E-state index contributed by atoms with van der Waals surface area (Å²) in [6.07, 6.45) is -3.78. The van der Waals surface area contributed by atoms with Gasteiger partial charge in [0, 0.05) is 6.42 Å². The van der Waals surface area contributed by atoms with Crippen molar-refractivity contribution in [2.75, 3.05) is 6.54 Å². The molecule has 0 aromatic heterocycles. The zero-order chi connectivity index (χ0) is 11.5. The molecule has 1 nitrogen and oxygen atoms in total. The number of nitrogens with zero attached hydrogens (tertiary/aromatic N) is 1. The molecule has 0 aliphatic heterocycles. The third-order valence-corrected chi connectivity index (χ3v) is 2.16. The van der Waals surface area contributed by atoms with Gasteiger partial charge in [0.15, 0.2) is 0 Å². The molecule has 1 aromatic rings. The number of rotatable bonds is 2. The SMILES string of the molecule is [C-]#[N+]CCc1ccc(C(F)(F)F)cc1C. The van der Waals surface area contributed by atoms with Crippen LogP contribution in [0.15, 0.2) is 18.2 Å². The van der Waals surface area contributed by atoms with Crippen molar-refractivity contribution < 1.29 is 13.2 Å². The Bertz CT molecular complexity index is 388. The van der Waals surface area contributed by atoms with Crippen molar-refractivity contribution in [3.8, 4) is 0 Å². The van der Waals surface area contributed by atoms with Crippen LogP contribution in [0.1, 0.15) is 16.7 Å². The van der Waals surface area contributed by atoms with Crippen molar-refractivity contribution in [1.82, 2.24) is 0 Å². The van der Waals surface area contributed by atoms with Crippen LogP contribution in [0.3, 0.4) is 0 Å². The minimum Gasteiger partial charge on any atom is -0.317 e. The van der Waals surface area contributed by atoms with Gasteiger partial charge < -0.3 is 4.85 Å². The molecule has 0 saturated carbocycles. The number of halogens is 3. The van der Waals surface area contributed by atoms with Gasteiger partial charge in [0.1, 0.15) is 0 Å². The number of aryl methyl sites for hydroxylation is 1. The van der Waals surface area contributed by atoms with E-state index in [9.17, 15) is 13.2 Å². The van der Waals surface area contributed by atoms with Crippen LogP contribution in [0.4, 0.5) is 13.2 Å². The molecule has 1 rings (SSSR count). The van der Waals surface area contributed by atoms with Crippen molar-refractivity contribution in [2.45, 2.75) is 19.5 Å². The molecule has 0 unspecified atom stereocenters. The van der Waals surface area contributed by atoms with E-state index in [1.54, 1.807) is 6.92 Å². The van der Waals surface area contributed by atoms with Crippen molar-refractivity contribution in [1.29, 1.82) is 0 Å². The first-order valence-electron chi connectivity index (χ1n) is 4.45. The maximum absolute atomic E-state index is 12.3. The first kappa shape index (κ1) is 11.6. The maximum atomic E-state index is 12.3. The van der Waals surface area contributed by atoms with E-state index in [4.69, 9.17) is 6.57 Å². The lowest BCUT2D eigenvalue weighted by atomic mass is 10.0. The van der Waals surface area contributed by atoms with Crippen LogP contribution in [0.5, 0.6) is 0 Å². The van der Waals surface area contributed by atoms with Gasteiger partial charge in [-0.15, -0.1) is 0 Å². The zero-order valence-corrected chi connectivity index (χ0v) is 8.23. The van der Waals surface area contributed by atoms with Crippen molar-refractivity contribution in [3.05, 3.63) is 46.3 Å². The summed E-state index contributed by atoms with van der Waals surface area (Å²) in [7, 11) is 0. The fraction of sp³-hybridized carbons (Fsp3) is 0.364. The largest absolute Gasteiger partial charge is 0.416 e. The van der Waals surface area contributed by atoms with Crippen LogP contribution in [-0.4, -0.2) is 6.54 Å². The summed E-state index contributed by atoms with van der Waals surface area (Å²) in [4.78, 5) is 3.17. The highest BCUT2D eigenvalue weighted by atomic mass is 19.4. The Hall–Kier alpha value is -1.50. The fourth-order valence-electron chi connectivity index (χ4n) is 1.33. The highest BCUT2D eigenvalue weighted by Gasteiger charge is 2.30. The van der Waals surface area contributed by atoms with Gasteiger partial charge >= 0.3 is 6.18 Å². The highest BCUT2D eigenvalue weighted by molar-refractivity contribution is 5.32. The highest BCUT2D eigenvalue weighted by Crippen LogP contribution is 2.30. The standard InChI is InChI=1S/C11H10F3N/c1-8-7-10(11(12,13)14)4-3-9(8)5-6-15-2/h3-4,7H,5-6H2,1H3. The average molecular weight is 213 g/mol. The van der Waals surface area contributed by atoms with E-state index < -0.39 is 11.7 Å². The molecule has 4 heteroatoms. The van der Waals surface area contributed by atoms with Crippen molar-refractivity contribution in [2.24, 2.45) is 0 Å². The van der Waals surface area contributed by atoms with Crippen molar-refractivity contribution in [3.63, 3.8) is 0 Å². The lowest BCUT2D eigenvalue weighted by Gasteiger charge is -2.09. The van der Waals surface area contributed by atoms with E-state index in [1.165, 1.54) is 6.07 Å². The second kappa shape index (κ2) is 4.35. The Labute approximate surface area is 86.4 Å². The van der Waals surface area contributed by atoms with Gasteiger partial charge in [-0.25, -0.2) is 6.57 Å². The molecule has 0 spiro atoms. The Morgan fingerprint density at radius 3 is 2.47 bits per heavy atom. The third kappa shape index (κ3) is 2.98. The second-order valence-corrected chi connectivity index (χ2v) is 3.27. The normalized spacial score (nSPS) is 11.1. The molecule has 0 aliphatic rings. The molecular weight excluding hydrogens is 203 g/mol. The third-order valence-electron chi connectivity index (χ3n) is 2.16. The van der Waals surface area contributed by atoms with Crippen LogP contribution in [0, 0.1) is 13.5 Å². The van der Waals surface area contributed by atoms with Gasteiger partial charge in [-0.2, -0.15) is 13.2 Å². The summed E-state index contributed by atoms with van der Waals surface area (Å²) < 4.78 is 36.9. The van der Waals surface area contributed by atoms with Crippen LogP contribution in [0.25, 0.3) is 4.85 Å². The van der Waals surface area contributed by atoms with Crippen LogP contribution >= 0.6 is 0 Å². The van der Waals surface area contributed by atoms with E-state index in [-0.39, 0.29) is 0 Å². The average Bonchev–Trinajstić information content (AvgIpc) is 2.14. The molecule has 0 radical (unpaired) electrons. The molecule has 1 aromatic carbocycles. The topological polar surface area (TPSA) is 4.36 Å². The molecule has 0 saturated heterocycles. The predicted molar refractivity (Wildman–Crippen MR) is 51.4 cm³/mol. The molecule has 0 bridgehead atoms. The van der Waals surface area contributed by atoms with Crippen LogP contribution in [-0.2, 0) is 12.6 Å². The number of benzene rings is 1. The minimum absolute atomic E-state index is 0.312. The molecule has 0 amide bonds. The van der Waals surface area contributed by atoms with Gasteiger partial charge in [0.25, 0.3) is 0 Å². The van der Waals surface area contributed by atoms with Gasteiger partial charge in [0.2, 0.25) is 6.54 Å². The van der Waals surface area contributed by atoms with Crippen LogP contribution in [0.2, 0.25) is 0 Å². The monoisotopic (exact) mass is 213 g/mol. The molecule has 0 N–H and O–H groups in total. The van der Waals surface area contributed by atoms with E-state index in [1.807, 2.05) is 0 Å². The smallest absolute Gasteiger partial charge is 0.317 e. The summed E-state index contributed by atoms with van der Waals surface area (Å²) in [6.45, 7) is 8.55. The number of hydrogen-bond donors (Lipinski definition) is 0. The van der Waals surface area contributed by atoms with Gasteiger partial charge in [-0.05, 0) is 30.2 Å². The first-order valence-corrected chi connectivity index (χ1v) is 4.45. The fourth-order valence-corrected chi connectivity index (χ4v) is 1.33. The first-order chi connectivity index (χ1) is 6.95. The molecular formula is C11H10F3N. The van der Waals surface area contributed by atoms with Crippen molar-refractivity contribution >= 4 is 0 Å². The van der Waals surface area contributed by atoms with Gasteiger partial charge in [-0.1, -0.05) is 6.07 Å². The quantitative estimate of drug-likeness (QED) is 0.662. The second-order valence-electron chi connectivity index (χ2n) is 3.27. The Kier molecular flexibility index (Phi) is 3.35. The molecule has 15 heavy (non-hydrogen) atoms. The molecule has 0 heterocycles. The minimum atomic E-state index is -4.29. The maximum Gasteiger partial charge on any atom is 0.416 e. The Morgan fingerprint density at radius 1 is 1.33 bits per heavy atom. The zero-order valence-electron chi connectivity index (χ0n) is 8.23. The van der Waals surface area contributed by atoms with Gasteiger partial charge in [0.05, 0.1) is 5.56 Å². The number of alkyl halides is 3. The molecule has 0 atom stereocenters. The van der Waals surface area contributed by atoms with E-state index in [0.717, 1.165) is 17.7 Å². The lowest BCUT2D eigenvalue weighted by Crippen LogP contribution is -2.06. The Balaban J connectivity index is 2.94. The molecule has 0 aliphatic carbocycles. The summed E-state index contributed by atoms with van der Waals surface area (Å²) in [6, 6.07) is 3.63. The summed E-state index contributed by atoms with van der Waals surface area (Å²) in [5, 5.41) is 0.